The van der Waals surface area contributed by atoms with Gasteiger partial charge in [-0.15, -0.1) is 0 Å². The lowest BCUT2D eigenvalue weighted by molar-refractivity contribution is -0.130. The average molecular weight is 225 g/mol. The topological polar surface area (TPSA) is 66.4 Å². The van der Waals surface area contributed by atoms with Gasteiger partial charge in [-0.3, -0.25) is 14.8 Å². The Labute approximate surface area is 95.7 Å². The summed E-state index contributed by atoms with van der Waals surface area (Å²) in [5.74, 6) is -0.109. The second-order valence-corrected chi connectivity index (χ2v) is 4.23. The van der Waals surface area contributed by atoms with E-state index < -0.39 is 5.91 Å². The van der Waals surface area contributed by atoms with Gasteiger partial charge in [0.2, 0.25) is 5.91 Å². The highest BCUT2D eigenvalue weighted by molar-refractivity contribution is 5.85. The van der Waals surface area contributed by atoms with E-state index in [2.05, 4.69) is 0 Å². The van der Waals surface area contributed by atoms with Crippen LogP contribution in [0, 0.1) is 11.8 Å². The first-order valence-electron chi connectivity index (χ1n) is 5.79. The first kappa shape index (κ1) is 12.9. The van der Waals surface area contributed by atoms with Crippen LogP contribution in [0.15, 0.2) is 12.2 Å². The molecule has 16 heavy (non-hydrogen) atoms. The fourth-order valence-electron chi connectivity index (χ4n) is 2.24. The Kier molecular flexibility index (Phi) is 5.19. The molecule has 0 radical (unpaired) electrons. The normalized spacial score (nSPS) is 25.2. The number of amides is 1. The third-order valence-corrected chi connectivity index (χ3v) is 3.11. The van der Waals surface area contributed by atoms with Crippen molar-refractivity contribution < 1.29 is 14.8 Å². The lowest BCUT2D eigenvalue weighted by atomic mass is 9.89. The first-order valence-corrected chi connectivity index (χ1v) is 5.79. The van der Waals surface area contributed by atoms with Crippen LogP contribution in [0.1, 0.15) is 39.0 Å². The van der Waals surface area contributed by atoms with Gasteiger partial charge in [-0.1, -0.05) is 19.1 Å². The van der Waals surface area contributed by atoms with Gasteiger partial charge in [0.05, 0.1) is 0 Å². The number of rotatable bonds is 5. The lowest BCUT2D eigenvalue weighted by Crippen LogP contribution is -2.24. The summed E-state index contributed by atoms with van der Waals surface area (Å²) in [6.45, 7) is 2.05. The van der Waals surface area contributed by atoms with Crippen molar-refractivity contribution in [3.63, 3.8) is 0 Å². The summed E-state index contributed by atoms with van der Waals surface area (Å²) in [5.41, 5.74) is 1.63. The van der Waals surface area contributed by atoms with E-state index in [1.165, 1.54) is 0 Å². The van der Waals surface area contributed by atoms with E-state index in [1.54, 1.807) is 5.48 Å². The molecule has 2 unspecified atom stereocenters. The number of carbonyl (C=O) groups is 2. The molecule has 1 saturated carbocycles. The molecule has 1 aliphatic carbocycles. The summed E-state index contributed by atoms with van der Waals surface area (Å²) in [6, 6.07) is 0. The predicted molar refractivity (Wildman–Crippen MR) is 59.8 cm³/mol. The van der Waals surface area contributed by atoms with Crippen molar-refractivity contribution >= 4 is 11.7 Å². The van der Waals surface area contributed by atoms with Crippen LogP contribution < -0.4 is 5.48 Å². The predicted octanol–water partition coefficient (Wildman–Crippen LogP) is 1.83. The molecule has 90 valence electrons. The van der Waals surface area contributed by atoms with Gasteiger partial charge < -0.3 is 0 Å². The van der Waals surface area contributed by atoms with Crippen molar-refractivity contribution in [1.82, 2.24) is 5.48 Å². The molecule has 4 nitrogen and oxygen atoms in total. The number of hydrogen-bond donors (Lipinski definition) is 2. The minimum Gasteiger partial charge on any atom is -0.299 e. The largest absolute Gasteiger partial charge is 0.299 e. The molecule has 0 aromatic rings. The molecule has 4 heteroatoms. The zero-order valence-corrected chi connectivity index (χ0v) is 9.61. The molecule has 0 bridgehead atoms. The number of hydroxylamine groups is 1. The molecule has 0 heterocycles. The molecule has 1 amide bonds. The smallest absolute Gasteiger partial charge is 0.243 e. The Morgan fingerprint density at radius 2 is 2.31 bits per heavy atom. The van der Waals surface area contributed by atoms with Gasteiger partial charge in [0, 0.05) is 18.8 Å². The molecule has 0 aliphatic heterocycles. The fourth-order valence-corrected chi connectivity index (χ4v) is 2.24. The van der Waals surface area contributed by atoms with Crippen LogP contribution in [0.25, 0.3) is 0 Å². The Balaban J connectivity index is 2.52. The second-order valence-electron chi connectivity index (χ2n) is 4.23. The van der Waals surface area contributed by atoms with Crippen LogP contribution in [0.3, 0.4) is 0 Å². The van der Waals surface area contributed by atoms with E-state index in [4.69, 9.17) is 5.21 Å². The molecule has 0 saturated heterocycles. The number of ketones is 1. The van der Waals surface area contributed by atoms with Gasteiger partial charge in [-0.2, -0.15) is 0 Å². The van der Waals surface area contributed by atoms with Crippen molar-refractivity contribution in [2.24, 2.45) is 11.8 Å². The molecular weight excluding hydrogens is 206 g/mol. The van der Waals surface area contributed by atoms with Crippen molar-refractivity contribution in [3.8, 4) is 0 Å². The highest BCUT2D eigenvalue weighted by atomic mass is 16.5. The second kappa shape index (κ2) is 6.43. The quantitative estimate of drug-likeness (QED) is 0.426. The van der Waals surface area contributed by atoms with Crippen molar-refractivity contribution in [2.45, 2.75) is 39.0 Å². The summed E-state index contributed by atoms with van der Waals surface area (Å²) in [4.78, 5) is 22.7. The van der Waals surface area contributed by atoms with E-state index in [1.807, 2.05) is 19.1 Å². The van der Waals surface area contributed by atoms with Gasteiger partial charge in [0.15, 0.2) is 0 Å². The van der Waals surface area contributed by atoms with Crippen LogP contribution in [-0.2, 0) is 9.59 Å². The van der Waals surface area contributed by atoms with Gasteiger partial charge >= 0.3 is 0 Å². The van der Waals surface area contributed by atoms with Crippen molar-refractivity contribution in [3.05, 3.63) is 12.2 Å². The van der Waals surface area contributed by atoms with Crippen molar-refractivity contribution in [2.75, 3.05) is 0 Å². The maximum absolute atomic E-state index is 11.6. The molecule has 0 aromatic carbocycles. The molecule has 1 fully saturated rings. The molecule has 2 atom stereocenters. The fraction of sp³-hybridized carbons (Fsp3) is 0.667. The Bertz CT molecular complexity index is 286. The van der Waals surface area contributed by atoms with Gasteiger partial charge in [-0.25, -0.2) is 5.48 Å². The number of Topliss-reactive ketones (excluding diaryl/α,β-unsaturated/α-hetero) is 1. The summed E-state index contributed by atoms with van der Waals surface area (Å²) >= 11 is 0. The molecule has 1 rings (SSSR count). The van der Waals surface area contributed by atoms with Gasteiger partial charge in [0.25, 0.3) is 0 Å². The minimum absolute atomic E-state index is 0.0416. The number of carbonyl (C=O) groups excluding carboxylic acids is 2. The molecular formula is C12H19NO3. The standard InChI is InChI=1S/C12H19NO3/c1-2-3-4-5-10-9(6-7-11(10)14)8-12(15)13-16/h3-4,9-10,16H,2,5-8H2,1H3,(H,13,15)/b4-3-. The van der Waals surface area contributed by atoms with E-state index in [-0.39, 0.29) is 24.0 Å². The maximum Gasteiger partial charge on any atom is 0.243 e. The monoisotopic (exact) mass is 225 g/mol. The zero-order chi connectivity index (χ0) is 12.0. The van der Waals surface area contributed by atoms with Crippen LogP contribution >= 0.6 is 0 Å². The van der Waals surface area contributed by atoms with E-state index in [0.29, 0.717) is 6.42 Å². The number of nitrogens with one attached hydrogen (secondary N) is 1. The van der Waals surface area contributed by atoms with E-state index in [9.17, 15) is 9.59 Å². The van der Waals surface area contributed by atoms with E-state index in [0.717, 1.165) is 19.3 Å². The Hall–Kier alpha value is -1.16. The number of allylic oxidation sites excluding steroid dienone is 2. The molecule has 2 N–H and O–H groups in total. The van der Waals surface area contributed by atoms with E-state index >= 15 is 0 Å². The minimum atomic E-state index is -0.399. The average Bonchev–Trinajstić information content (AvgIpc) is 2.61. The first-order chi connectivity index (χ1) is 7.69. The Morgan fingerprint density at radius 3 is 2.94 bits per heavy atom. The summed E-state index contributed by atoms with van der Waals surface area (Å²) < 4.78 is 0. The van der Waals surface area contributed by atoms with Gasteiger partial charge in [-0.05, 0) is 25.2 Å². The molecule has 1 aliphatic rings. The number of hydrogen-bond acceptors (Lipinski definition) is 3. The van der Waals surface area contributed by atoms with Crippen LogP contribution in [-0.4, -0.2) is 16.9 Å². The lowest BCUT2D eigenvalue weighted by Gasteiger charge is -2.15. The molecule has 0 aromatic heterocycles. The Morgan fingerprint density at radius 1 is 1.56 bits per heavy atom. The van der Waals surface area contributed by atoms with Crippen molar-refractivity contribution in [1.29, 1.82) is 0 Å². The highest BCUT2D eigenvalue weighted by Gasteiger charge is 2.34. The van der Waals surface area contributed by atoms with Crippen LogP contribution in [0.2, 0.25) is 0 Å². The third kappa shape index (κ3) is 3.45. The molecule has 0 spiro atoms. The summed E-state index contributed by atoms with van der Waals surface area (Å²) in [7, 11) is 0. The summed E-state index contributed by atoms with van der Waals surface area (Å²) in [6.07, 6.45) is 7.29. The van der Waals surface area contributed by atoms with Crippen LogP contribution in [0.5, 0.6) is 0 Å². The highest BCUT2D eigenvalue weighted by Crippen LogP contribution is 2.33. The maximum atomic E-state index is 11.6. The zero-order valence-electron chi connectivity index (χ0n) is 9.61. The summed E-state index contributed by atoms with van der Waals surface area (Å²) in [5, 5.41) is 8.46. The van der Waals surface area contributed by atoms with Gasteiger partial charge in [0.1, 0.15) is 5.78 Å². The van der Waals surface area contributed by atoms with Crippen LogP contribution in [0.4, 0.5) is 0 Å². The third-order valence-electron chi connectivity index (χ3n) is 3.11. The SMILES string of the molecule is CC/C=C\CC1C(=O)CCC1CC(=O)NO.